The van der Waals surface area contributed by atoms with E-state index >= 15 is 0 Å². The van der Waals surface area contributed by atoms with Crippen LogP contribution in [0.25, 0.3) is 0 Å². The number of anilines is 1. The van der Waals surface area contributed by atoms with Crippen LogP contribution in [0.1, 0.15) is 12.5 Å². The van der Waals surface area contributed by atoms with Gasteiger partial charge in [0.2, 0.25) is 5.91 Å². The first-order chi connectivity index (χ1) is 11.1. The minimum atomic E-state index is -0.690. The van der Waals surface area contributed by atoms with Crippen molar-refractivity contribution < 1.29 is 19.1 Å². The maximum Gasteiger partial charge on any atom is 0.312 e. The van der Waals surface area contributed by atoms with Crippen molar-refractivity contribution in [3.05, 3.63) is 42.0 Å². The van der Waals surface area contributed by atoms with E-state index in [-0.39, 0.29) is 18.0 Å². The molecular weight excluding hydrogens is 294 g/mol. The summed E-state index contributed by atoms with van der Waals surface area (Å²) < 4.78 is 11.2. The van der Waals surface area contributed by atoms with E-state index in [0.29, 0.717) is 13.2 Å². The highest BCUT2D eigenvalue weighted by Crippen LogP contribution is 2.52. The van der Waals surface area contributed by atoms with Crippen LogP contribution in [0.15, 0.2) is 36.4 Å². The van der Waals surface area contributed by atoms with Gasteiger partial charge in [0, 0.05) is 5.69 Å². The normalized spacial score (nSPS) is 34.1. The highest BCUT2D eigenvalue weighted by molar-refractivity contribution is 6.02. The van der Waals surface area contributed by atoms with E-state index in [1.54, 1.807) is 11.8 Å². The number of carbonyl (C=O) groups is 2. The Kier molecular flexibility index (Phi) is 3.10. The lowest BCUT2D eigenvalue weighted by atomic mass is 9.77. The number of benzene rings is 1. The van der Waals surface area contributed by atoms with Gasteiger partial charge in [-0.1, -0.05) is 29.8 Å². The van der Waals surface area contributed by atoms with Crippen LogP contribution in [0, 0.1) is 18.8 Å². The van der Waals surface area contributed by atoms with Crippen LogP contribution >= 0.6 is 0 Å². The highest BCUT2D eigenvalue weighted by Gasteiger charge is 2.67. The lowest BCUT2D eigenvalue weighted by molar-refractivity contribution is -0.151. The van der Waals surface area contributed by atoms with Crippen molar-refractivity contribution in [3.63, 3.8) is 0 Å². The second kappa shape index (κ2) is 4.93. The molecule has 3 aliphatic heterocycles. The largest absolute Gasteiger partial charge is 0.466 e. The Morgan fingerprint density at radius 2 is 2.13 bits per heavy atom. The maximum atomic E-state index is 13.0. The molecule has 2 saturated heterocycles. The molecule has 0 N–H and O–H groups in total. The van der Waals surface area contributed by atoms with Gasteiger partial charge in [-0.25, -0.2) is 0 Å². The molecule has 120 valence electrons. The summed E-state index contributed by atoms with van der Waals surface area (Å²) in [6.45, 7) is 4.53. The Morgan fingerprint density at radius 3 is 2.83 bits per heavy atom. The number of hydrogen-bond donors (Lipinski definition) is 0. The predicted octanol–water partition coefficient (Wildman–Crippen LogP) is 1.84. The molecule has 0 aromatic heterocycles. The van der Waals surface area contributed by atoms with Gasteiger partial charge in [0.25, 0.3) is 0 Å². The summed E-state index contributed by atoms with van der Waals surface area (Å²) in [5.41, 5.74) is 1.29. The van der Waals surface area contributed by atoms with Crippen LogP contribution in [0.5, 0.6) is 0 Å². The van der Waals surface area contributed by atoms with E-state index < -0.39 is 17.4 Å². The molecule has 1 aromatic rings. The fourth-order valence-corrected chi connectivity index (χ4v) is 3.95. The quantitative estimate of drug-likeness (QED) is 0.631. The molecule has 5 nitrogen and oxygen atoms in total. The number of rotatable bonds is 3. The molecule has 2 fully saturated rings. The van der Waals surface area contributed by atoms with Crippen molar-refractivity contribution in [1.29, 1.82) is 0 Å². The number of ether oxygens (including phenoxy) is 2. The van der Waals surface area contributed by atoms with Crippen LogP contribution in [-0.2, 0) is 19.1 Å². The monoisotopic (exact) mass is 313 g/mol. The lowest BCUT2D eigenvalue weighted by Gasteiger charge is -2.22. The molecule has 0 unspecified atom stereocenters. The molecule has 1 spiro atoms. The van der Waals surface area contributed by atoms with Crippen molar-refractivity contribution >= 4 is 17.6 Å². The van der Waals surface area contributed by atoms with Crippen LogP contribution in [0.2, 0.25) is 0 Å². The van der Waals surface area contributed by atoms with Gasteiger partial charge in [-0.2, -0.15) is 0 Å². The predicted molar refractivity (Wildman–Crippen MR) is 83.9 cm³/mol. The standard InChI is InChI=1S/C18H19NO4/c1-3-22-17(21)14-13-8-9-18(23-13)10-19(16(20)15(14)18)12-6-4-11(2)5-7-12/h4-9,13-15H,3,10H2,1-2H3/t13-,14+,15-,18+/m1/s1. The van der Waals surface area contributed by atoms with Gasteiger partial charge >= 0.3 is 5.97 Å². The van der Waals surface area contributed by atoms with Gasteiger partial charge in [0.1, 0.15) is 11.5 Å². The lowest BCUT2D eigenvalue weighted by Crippen LogP contribution is -2.40. The maximum absolute atomic E-state index is 13.0. The Balaban J connectivity index is 1.68. The molecule has 4 rings (SSSR count). The molecule has 3 heterocycles. The first-order valence-corrected chi connectivity index (χ1v) is 7.97. The van der Waals surface area contributed by atoms with E-state index in [0.717, 1.165) is 11.3 Å². The van der Waals surface area contributed by atoms with E-state index in [9.17, 15) is 9.59 Å². The second-order valence-electron chi connectivity index (χ2n) is 6.41. The first kappa shape index (κ1) is 14.5. The molecule has 3 aliphatic rings. The first-order valence-electron chi connectivity index (χ1n) is 7.97. The van der Waals surface area contributed by atoms with Crippen molar-refractivity contribution in [2.45, 2.75) is 25.6 Å². The molecular formula is C18H19NO4. The van der Waals surface area contributed by atoms with Crippen LogP contribution in [-0.4, -0.2) is 36.7 Å². The van der Waals surface area contributed by atoms with Gasteiger partial charge in [-0.15, -0.1) is 0 Å². The van der Waals surface area contributed by atoms with Gasteiger partial charge in [-0.3, -0.25) is 9.59 Å². The summed E-state index contributed by atoms with van der Waals surface area (Å²) in [6, 6.07) is 7.82. The van der Waals surface area contributed by atoms with Crippen LogP contribution in [0.3, 0.4) is 0 Å². The zero-order valence-electron chi connectivity index (χ0n) is 13.2. The topological polar surface area (TPSA) is 55.8 Å². The highest BCUT2D eigenvalue weighted by atomic mass is 16.6. The number of amides is 1. The molecule has 2 bridgehead atoms. The molecule has 0 saturated carbocycles. The summed E-state index contributed by atoms with van der Waals surface area (Å²) in [4.78, 5) is 27.0. The Morgan fingerprint density at radius 1 is 1.39 bits per heavy atom. The SMILES string of the molecule is CCOC(=O)[C@H]1[C@H]2C=C[C@@]3(CN(c4ccc(C)cc4)C(=O)[C@@H]13)O2. The van der Waals surface area contributed by atoms with Crippen LogP contribution < -0.4 is 4.90 Å². The third-order valence-corrected chi connectivity index (χ3v) is 5.00. The number of hydrogen-bond acceptors (Lipinski definition) is 4. The van der Waals surface area contributed by atoms with E-state index in [4.69, 9.17) is 9.47 Å². The third kappa shape index (κ3) is 1.96. The number of fused-ring (bicyclic) bond motifs is 1. The van der Waals surface area contributed by atoms with Gasteiger partial charge in [-0.05, 0) is 26.0 Å². The average Bonchev–Trinajstić information content (AvgIpc) is 3.17. The van der Waals surface area contributed by atoms with Crippen molar-refractivity contribution in [2.75, 3.05) is 18.1 Å². The van der Waals surface area contributed by atoms with Gasteiger partial charge < -0.3 is 14.4 Å². The fraction of sp³-hybridized carbons (Fsp3) is 0.444. The summed E-state index contributed by atoms with van der Waals surface area (Å²) in [5.74, 6) is -1.42. The van der Waals surface area contributed by atoms with E-state index in [1.807, 2.05) is 43.3 Å². The van der Waals surface area contributed by atoms with E-state index in [2.05, 4.69) is 0 Å². The molecule has 1 aromatic carbocycles. The van der Waals surface area contributed by atoms with Crippen molar-refractivity contribution in [3.8, 4) is 0 Å². The summed E-state index contributed by atoms with van der Waals surface area (Å²) in [7, 11) is 0. The third-order valence-electron chi connectivity index (χ3n) is 5.00. The molecule has 0 radical (unpaired) electrons. The molecule has 23 heavy (non-hydrogen) atoms. The second-order valence-corrected chi connectivity index (χ2v) is 6.41. The number of nitrogens with zero attached hydrogens (tertiary/aromatic N) is 1. The average molecular weight is 313 g/mol. The summed E-state index contributed by atoms with van der Waals surface area (Å²) in [6.07, 6.45) is 3.50. The zero-order valence-corrected chi connectivity index (χ0v) is 13.2. The van der Waals surface area contributed by atoms with Gasteiger partial charge in [0.05, 0.1) is 25.2 Å². The number of aryl methyl sites for hydroxylation is 1. The smallest absolute Gasteiger partial charge is 0.312 e. The minimum absolute atomic E-state index is 0.0567. The Bertz CT molecular complexity index is 695. The zero-order chi connectivity index (χ0) is 16.2. The number of carbonyl (C=O) groups excluding carboxylic acids is 2. The van der Waals surface area contributed by atoms with Crippen LogP contribution in [0.4, 0.5) is 5.69 Å². The molecule has 4 atom stereocenters. The summed E-state index contributed by atoms with van der Waals surface area (Å²) >= 11 is 0. The number of esters is 1. The molecule has 1 amide bonds. The van der Waals surface area contributed by atoms with Crippen molar-refractivity contribution in [2.24, 2.45) is 11.8 Å². The van der Waals surface area contributed by atoms with E-state index in [1.165, 1.54) is 0 Å². The Labute approximate surface area is 134 Å². The van der Waals surface area contributed by atoms with Crippen molar-refractivity contribution in [1.82, 2.24) is 0 Å². The molecule has 5 heteroatoms. The molecule has 0 aliphatic carbocycles. The fourth-order valence-electron chi connectivity index (χ4n) is 3.95. The Hall–Kier alpha value is -2.14. The minimum Gasteiger partial charge on any atom is -0.466 e. The van der Waals surface area contributed by atoms with Gasteiger partial charge in [0.15, 0.2) is 0 Å². The summed E-state index contributed by atoms with van der Waals surface area (Å²) in [5, 5.41) is 0.